The third-order valence-electron chi connectivity index (χ3n) is 3.94. The minimum absolute atomic E-state index is 0.0585. The van der Waals surface area contributed by atoms with Gasteiger partial charge < -0.3 is 5.32 Å². The molecule has 0 aliphatic rings. The summed E-state index contributed by atoms with van der Waals surface area (Å²) in [6, 6.07) is 14.7. The summed E-state index contributed by atoms with van der Waals surface area (Å²) in [7, 11) is -3.61. The molecule has 2 aromatic rings. The molecule has 2 aromatic carbocycles. The van der Waals surface area contributed by atoms with Gasteiger partial charge >= 0.3 is 0 Å². The van der Waals surface area contributed by atoms with Crippen LogP contribution in [-0.2, 0) is 14.8 Å². The van der Waals surface area contributed by atoms with Crippen molar-refractivity contribution in [3.8, 4) is 0 Å². The van der Waals surface area contributed by atoms with Crippen molar-refractivity contribution in [2.45, 2.75) is 38.1 Å². The van der Waals surface area contributed by atoms with E-state index in [2.05, 4.69) is 10.0 Å². The van der Waals surface area contributed by atoms with Crippen LogP contribution in [0.4, 0.5) is 0 Å². The van der Waals surface area contributed by atoms with Crippen molar-refractivity contribution in [2.75, 3.05) is 6.54 Å². The first kappa shape index (κ1) is 19.1. The van der Waals surface area contributed by atoms with E-state index in [1.165, 1.54) is 0 Å². The van der Waals surface area contributed by atoms with E-state index in [0.29, 0.717) is 5.56 Å². The van der Waals surface area contributed by atoms with Crippen LogP contribution in [0.25, 0.3) is 0 Å². The van der Waals surface area contributed by atoms with Gasteiger partial charge in [-0.2, -0.15) is 0 Å². The molecule has 0 fully saturated rings. The second-order valence-electron chi connectivity index (χ2n) is 6.12. The number of benzene rings is 2. The zero-order valence-electron chi connectivity index (χ0n) is 14.7. The molecule has 2 N–H and O–H groups in total. The lowest BCUT2D eigenvalue weighted by molar-refractivity contribution is -0.121. The van der Waals surface area contributed by atoms with Gasteiger partial charge in [-0.15, -0.1) is 0 Å². The fraction of sp³-hybridized carbons (Fsp3) is 0.316. The standard InChI is InChI=1S/C19H24N2O3S/c1-14-9-10-18(15(2)13-14)25(23,24)20-12-11-19(22)21-16(3)17-7-5-4-6-8-17/h4-10,13,16,20H,11-12H2,1-3H3,(H,21,22). The van der Waals surface area contributed by atoms with Crippen LogP contribution in [0.5, 0.6) is 0 Å². The summed E-state index contributed by atoms with van der Waals surface area (Å²) in [5.74, 6) is -0.195. The van der Waals surface area contributed by atoms with Crippen molar-refractivity contribution in [1.29, 1.82) is 0 Å². The summed E-state index contributed by atoms with van der Waals surface area (Å²) in [4.78, 5) is 12.3. The number of amides is 1. The van der Waals surface area contributed by atoms with Crippen LogP contribution in [0.2, 0.25) is 0 Å². The Labute approximate surface area is 149 Å². The van der Waals surface area contributed by atoms with Gasteiger partial charge in [0.05, 0.1) is 10.9 Å². The summed E-state index contributed by atoms with van der Waals surface area (Å²) in [5.41, 5.74) is 2.70. The molecular weight excluding hydrogens is 336 g/mol. The highest BCUT2D eigenvalue weighted by atomic mass is 32.2. The quantitative estimate of drug-likeness (QED) is 0.797. The van der Waals surface area contributed by atoms with E-state index in [0.717, 1.165) is 11.1 Å². The number of aryl methyl sites for hydroxylation is 2. The van der Waals surface area contributed by atoms with Gasteiger partial charge in [0, 0.05) is 13.0 Å². The predicted octanol–water partition coefficient (Wildman–Crippen LogP) is 2.85. The number of hydrogen-bond acceptors (Lipinski definition) is 3. The third kappa shape index (κ3) is 5.41. The maximum atomic E-state index is 12.3. The highest BCUT2D eigenvalue weighted by Crippen LogP contribution is 2.16. The highest BCUT2D eigenvalue weighted by molar-refractivity contribution is 7.89. The van der Waals surface area contributed by atoms with Crippen molar-refractivity contribution in [3.63, 3.8) is 0 Å². The molecule has 0 heterocycles. The summed E-state index contributed by atoms with van der Waals surface area (Å²) in [6.07, 6.45) is 0.0846. The van der Waals surface area contributed by atoms with E-state index >= 15 is 0 Å². The molecule has 0 saturated carbocycles. The van der Waals surface area contributed by atoms with Crippen LogP contribution in [0.15, 0.2) is 53.4 Å². The van der Waals surface area contributed by atoms with E-state index in [1.807, 2.05) is 50.2 Å². The van der Waals surface area contributed by atoms with Gasteiger partial charge in [0.25, 0.3) is 0 Å². The molecule has 0 bridgehead atoms. The van der Waals surface area contributed by atoms with Crippen LogP contribution in [0, 0.1) is 13.8 Å². The Balaban J connectivity index is 1.88. The summed E-state index contributed by atoms with van der Waals surface area (Å²) >= 11 is 0. The zero-order chi connectivity index (χ0) is 18.4. The van der Waals surface area contributed by atoms with Crippen LogP contribution in [0.3, 0.4) is 0 Å². The van der Waals surface area contributed by atoms with E-state index in [1.54, 1.807) is 19.1 Å². The molecule has 0 spiro atoms. The van der Waals surface area contributed by atoms with Gasteiger partial charge in [0.1, 0.15) is 0 Å². The second-order valence-corrected chi connectivity index (χ2v) is 7.85. The molecule has 5 nitrogen and oxygen atoms in total. The van der Waals surface area contributed by atoms with Crippen LogP contribution in [-0.4, -0.2) is 20.9 Å². The van der Waals surface area contributed by atoms with Crippen LogP contribution >= 0.6 is 0 Å². The van der Waals surface area contributed by atoms with Gasteiger partial charge in [0.2, 0.25) is 15.9 Å². The molecule has 2 rings (SSSR count). The smallest absolute Gasteiger partial charge is 0.240 e. The molecule has 1 atom stereocenters. The van der Waals surface area contributed by atoms with Gasteiger partial charge in [0.15, 0.2) is 0 Å². The monoisotopic (exact) mass is 360 g/mol. The Morgan fingerprint density at radius 1 is 1.08 bits per heavy atom. The molecule has 1 unspecified atom stereocenters. The maximum Gasteiger partial charge on any atom is 0.240 e. The molecular formula is C19H24N2O3S. The van der Waals surface area contributed by atoms with Gasteiger partial charge in [-0.05, 0) is 38.0 Å². The van der Waals surface area contributed by atoms with Gasteiger partial charge in [-0.25, -0.2) is 13.1 Å². The fourth-order valence-corrected chi connectivity index (χ4v) is 3.87. The van der Waals surface area contributed by atoms with Crippen molar-refractivity contribution in [3.05, 3.63) is 65.2 Å². The largest absolute Gasteiger partial charge is 0.350 e. The predicted molar refractivity (Wildman–Crippen MR) is 98.7 cm³/mol. The minimum atomic E-state index is -3.61. The first-order chi connectivity index (χ1) is 11.8. The van der Waals surface area contributed by atoms with E-state index in [9.17, 15) is 13.2 Å². The maximum absolute atomic E-state index is 12.3. The molecule has 0 aliphatic carbocycles. The minimum Gasteiger partial charge on any atom is -0.350 e. The van der Waals surface area contributed by atoms with E-state index in [4.69, 9.17) is 0 Å². The number of carbonyl (C=O) groups is 1. The van der Waals surface area contributed by atoms with Crippen molar-refractivity contribution in [2.24, 2.45) is 0 Å². The lowest BCUT2D eigenvalue weighted by Crippen LogP contribution is -2.32. The van der Waals surface area contributed by atoms with E-state index < -0.39 is 10.0 Å². The number of rotatable bonds is 7. The first-order valence-electron chi connectivity index (χ1n) is 8.21. The summed E-state index contributed by atoms with van der Waals surface area (Å²) < 4.78 is 27.2. The van der Waals surface area contributed by atoms with Crippen LogP contribution < -0.4 is 10.0 Å². The van der Waals surface area contributed by atoms with Crippen molar-refractivity contribution < 1.29 is 13.2 Å². The second kappa shape index (κ2) is 8.27. The van der Waals surface area contributed by atoms with Gasteiger partial charge in [-0.3, -0.25) is 4.79 Å². The van der Waals surface area contributed by atoms with Gasteiger partial charge in [-0.1, -0.05) is 48.0 Å². The van der Waals surface area contributed by atoms with Crippen molar-refractivity contribution in [1.82, 2.24) is 10.0 Å². The Bertz CT molecular complexity index is 833. The normalized spacial score (nSPS) is 12.6. The molecule has 134 valence electrons. The molecule has 25 heavy (non-hydrogen) atoms. The number of nitrogens with one attached hydrogen (secondary N) is 2. The number of sulfonamides is 1. The lowest BCUT2D eigenvalue weighted by Gasteiger charge is -2.14. The summed E-state index contributed by atoms with van der Waals surface area (Å²) in [6.45, 7) is 5.63. The number of hydrogen-bond donors (Lipinski definition) is 2. The third-order valence-corrected chi connectivity index (χ3v) is 5.56. The molecule has 0 aromatic heterocycles. The molecule has 6 heteroatoms. The zero-order valence-corrected chi connectivity index (χ0v) is 15.6. The van der Waals surface area contributed by atoms with Crippen LogP contribution in [0.1, 0.15) is 36.1 Å². The Morgan fingerprint density at radius 2 is 1.76 bits per heavy atom. The average molecular weight is 360 g/mol. The highest BCUT2D eigenvalue weighted by Gasteiger charge is 2.17. The average Bonchev–Trinajstić information content (AvgIpc) is 2.55. The molecule has 1 amide bonds. The number of carbonyl (C=O) groups excluding carboxylic acids is 1. The topological polar surface area (TPSA) is 75.3 Å². The molecule has 0 saturated heterocycles. The first-order valence-corrected chi connectivity index (χ1v) is 9.69. The lowest BCUT2D eigenvalue weighted by atomic mass is 10.1. The fourth-order valence-electron chi connectivity index (χ4n) is 2.62. The Hall–Kier alpha value is -2.18. The summed E-state index contributed by atoms with van der Waals surface area (Å²) in [5, 5.41) is 2.87. The Morgan fingerprint density at radius 3 is 2.40 bits per heavy atom. The SMILES string of the molecule is Cc1ccc(S(=O)(=O)NCCC(=O)NC(C)c2ccccc2)c(C)c1. The molecule has 0 aliphatic heterocycles. The van der Waals surface area contributed by atoms with E-state index in [-0.39, 0.29) is 29.8 Å². The Kier molecular flexibility index (Phi) is 6.33. The molecule has 0 radical (unpaired) electrons. The van der Waals surface area contributed by atoms with Crippen molar-refractivity contribution >= 4 is 15.9 Å².